The fraction of sp³-hybridized carbons (Fsp3) is 0.158. The van der Waals surface area contributed by atoms with E-state index in [-0.39, 0.29) is 10.9 Å². The second-order valence-corrected chi connectivity index (χ2v) is 7.74. The Bertz CT molecular complexity index is 1030. The number of aromatic nitrogens is 2. The minimum atomic E-state index is -2.94. The van der Waals surface area contributed by atoms with E-state index in [1.54, 1.807) is 29.9 Å². The van der Waals surface area contributed by atoms with E-state index >= 15 is 0 Å². The van der Waals surface area contributed by atoms with Crippen molar-refractivity contribution < 1.29 is 13.5 Å². The summed E-state index contributed by atoms with van der Waals surface area (Å²) in [4.78, 5) is 0. The van der Waals surface area contributed by atoms with Gasteiger partial charge in [-0.2, -0.15) is 13.9 Å². The zero-order valence-corrected chi connectivity index (χ0v) is 18.3. The van der Waals surface area contributed by atoms with Gasteiger partial charge >= 0.3 is 6.61 Å². The predicted molar refractivity (Wildman–Crippen MR) is 118 cm³/mol. The Kier molecular flexibility index (Phi) is 7.05. The molecule has 5 nitrogen and oxygen atoms in total. The molecule has 0 radical (unpaired) electrons. The number of aryl methyl sites for hydroxylation is 1. The zero-order valence-electron chi connectivity index (χ0n) is 15.1. The highest BCUT2D eigenvalue weighted by molar-refractivity contribution is 9.10. The fourth-order valence-corrected chi connectivity index (χ4v) is 3.37. The molecule has 2 N–H and O–H groups in total. The fourth-order valence-electron chi connectivity index (χ4n) is 2.55. The summed E-state index contributed by atoms with van der Waals surface area (Å²) in [7, 11) is 0. The van der Waals surface area contributed by atoms with Crippen LogP contribution in [0.25, 0.3) is 0 Å². The lowest BCUT2D eigenvalue weighted by atomic mass is 10.2. The van der Waals surface area contributed by atoms with Crippen LogP contribution in [0.15, 0.2) is 53.1 Å². The number of nitrogens with zero attached hydrogens (tertiary/aromatic N) is 2. The monoisotopic (exact) mass is 500 g/mol. The second-order valence-electron chi connectivity index (χ2n) is 6.07. The largest absolute Gasteiger partial charge is 0.433 e. The van der Waals surface area contributed by atoms with Gasteiger partial charge in [0.25, 0.3) is 0 Å². The highest BCUT2D eigenvalue weighted by Gasteiger charge is 2.13. The molecule has 3 rings (SSSR count). The summed E-state index contributed by atoms with van der Waals surface area (Å²) < 4.78 is 32.2. The van der Waals surface area contributed by atoms with Gasteiger partial charge in [0.2, 0.25) is 0 Å². The minimum Gasteiger partial charge on any atom is -0.433 e. The summed E-state index contributed by atoms with van der Waals surface area (Å²) >= 11 is 14.9. The average molecular weight is 502 g/mol. The normalized spacial score (nSPS) is 10.8. The van der Waals surface area contributed by atoms with Crippen molar-refractivity contribution in [1.29, 1.82) is 0 Å². The van der Waals surface area contributed by atoms with Crippen LogP contribution in [0.4, 0.5) is 20.3 Å². The third kappa shape index (κ3) is 5.88. The number of rotatable bonds is 6. The highest BCUT2D eigenvalue weighted by atomic mass is 79.9. The van der Waals surface area contributed by atoms with Crippen molar-refractivity contribution in [3.8, 4) is 5.75 Å². The standard InChI is InChI=1S/C19H16BrClF2N4OS/c1-11-6-7-15(16(8-11)28-18(22)23)24-19(29)25-17-13(20)10-27(26-17)9-12-4-2-3-5-14(12)21/h2-8,10,18H,9H2,1H3,(H2,24,25,26,29). The van der Waals surface area contributed by atoms with E-state index in [0.29, 0.717) is 27.5 Å². The van der Waals surface area contributed by atoms with Gasteiger partial charge < -0.3 is 15.4 Å². The zero-order chi connectivity index (χ0) is 21.0. The Morgan fingerprint density at radius 3 is 2.76 bits per heavy atom. The first-order valence-corrected chi connectivity index (χ1v) is 9.99. The molecule has 0 unspecified atom stereocenters. The number of anilines is 2. The number of hydrogen-bond donors (Lipinski definition) is 2. The SMILES string of the molecule is Cc1ccc(NC(=S)Nc2nn(Cc3ccccc3Cl)cc2Br)c(OC(F)F)c1. The van der Waals surface area contributed by atoms with E-state index in [1.165, 1.54) is 6.07 Å². The molecule has 0 spiro atoms. The van der Waals surface area contributed by atoms with Crippen LogP contribution in [0.2, 0.25) is 5.02 Å². The van der Waals surface area contributed by atoms with Gasteiger partial charge in [-0.15, -0.1) is 0 Å². The first-order chi connectivity index (χ1) is 13.8. The van der Waals surface area contributed by atoms with Crippen LogP contribution < -0.4 is 15.4 Å². The van der Waals surface area contributed by atoms with Crippen molar-refractivity contribution >= 4 is 56.4 Å². The first-order valence-electron chi connectivity index (χ1n) is 8.41. The van der Waals surface area contributed by atoms with Gasteiger partial charge in [-0.25, -0.2) is 0 Å². The maximum atomic E-state index is 12.7. The van der Waals surface area contributed by atoms with Crippen molar-refractivity contribution in [2.24, 2.45) is 0 Å². The molecule has 0 fully saturated rings. The number of benzene rings is 2. The molecule has 0 aliphatic carbocycles. The quantitative estimate of drug-likeness (QED) is 0.402. The third-order valence-corrected chi connectivity index (χ3v) is 4.99. The highest BCUT2D eigenvalue weighted by Crippen LogP contribution is 2.28. The van der Waals surface area contributed by atoms with Crippen LogP contribution in [0.1, 0.15) is 11.1 Å². The van der Waals surface area contributed by atoms with Gasteiger partial charge in [-0.1, -0.05) is 35.9 Å². The van der Waals surface area contributed by atoms with Gasteiger partial charge in [0.05, 0.1) is 16.7 Å². The van der Waals surface area contributed by atoms with Crippen molar-refractivity contribution in [1.82, 2.24) is 9.78 Å². The molecule has 0 atom stereocenters. The molecular weight excluding hydrogens is 486 g/mol. The maximum Gasteiger partial charge on any atom is 0.387 e. The van der Waals surface area contributed by atoms with Crippen molar-refractivity contribution in [3.63, 3.8) is 0 Å². The predicted octanol–water partition coefficient (Wildman–Crippen LogP) is 6.07. The van der Waals surface area contributed by atoms with Crippen LogP contribution in [-0.2, 0) is 6.54 Å². The van der Waals surface area contributed by atoms with E-state index in [9.17, 15) is 8.78 Å². The van der Waals surface area contributed by atoms with Crippen LogP contribution in [0.3, 0.4) is 0 Å². The van der Waals surface area contributed by atoms with Crippen LogP contribution in [0.5, 0.6) is 5.75 Å². The van der Waals surface area contributed by atoms with Gasteiger partial charge in [-0.05, 0) is 64.4 Å². The second kappa shape index (κ2) is 9.51. The molecule has 0 aliphatic heterocycles. The molecule has 1 heterocycles. The van der Waals surface area contributed by atoms with Crippen LogP contribution >= 0.6 is 39.7 Å². The molecule has 1 aromatic heterocycles. The molecule has 0 bridgehead atoms. The third-order valence-electron chi connectivity index (χ3n) is 3.84. The summed E-state index contributed by atoms with van der Waals surface area (Å²) in [5, 5.41) is 11.1. The van der Waals surface area contributed by atoms with E-state index in [2.05, 4.69) is 36.4 Å². The van der Waals surface area contributed by atoms with E-state index in [4.69, 9.17) is 23.8 Å². The molecule has 2 aromatic carbocycles. The maximum absolute atomic E-state index is 12.7. The summed E-state index contributed by atoms with van der Waals surface area (Å²) in [6.07, 6.45) is 1.78. The number of hydrogen-bond acceptors (Lipinski definition) is 3. The Morgan fingerprint density at radius 1 is 1.28 bits per heavy atom. The molecule has 0 saturated heterocycles. The lowest BCUT2D eigenvalue weighted by molar-refractivity contribution is -0.0493. The topological polar surface area (TPSA) is 51.1 Å². The molecule has 0 aliphatic rings. The Balaban J connectivity index is 1.70. The lowest BCUT2D eigenvalue weighted by Gasteiger charge is -2.14. The lowest BCUT2D eigenvalue weighted by Crippen LogP contribution is -2.20. The van der Waals surface area contributed by atoms with Gasteiger partial charge in [0.15, 0.2) is 10.9 Å². The Labute approximate surface area is 185 Å². The summed E-state index contributed by atoms with van der Waals surface area (Å²) in [6, 6.07) is 12.4. The van der Waals surface area contributed by atoms with Crippen molar-refractivity contribution in [2.45, 2.75) is 20.1 Å². The number of thiocarbonyl (C=S) groups is 1. The van der Waals surface area contributed by atoms with E-state index < -0.39 is 6.61 Å². The molecule has 0 saturated carbocycles. The summed E-state index contributed by atoms with van der Waals surface area (Å²) in [5.41, 5.74) is 2.02. The van der Waals surface area contributed by atoms with Crippen LogP contribution in [-0.4, -0.2) is 21.5 Å². The van der Waals surface area contributed by atoms with E-state index in [0.717, 1.165) is 11.1 Å². The van der Waals surface area contributed by atoms with Crippen LogP contribution in [0, 0.1) is 6.92 Å². The number of nitrogens with one attached hydrogen (secondary N) is 2. The molecule has 0 amide bonds. The molecule has 10 heteroatoms. The Hall–Kier alpha value is -2.23. The molecule has 152 valence electrons. The molecule has 29 heavy (non-hydrogen) atoms. The minimum absolute atomic E-state index is 0.00691. The van der Waals surface area contributed by atoms with Gasteiger partial charge in [0.1, 0.15) is 5.75 Å². The molecule has 3 aromatic rings. The smallest absolute Gasteiger partial charge is 0.387 e. The van der Waals surface area contributed by atoms with Crippen molar-refractivity contribution in [3.05, 3.63) is 69.3 Å². The summed E-state index contributed by atoms with van der Waals surface area (Å²) in [6.45, 7) is -0.681. The van der Waals surface area contributed by atoms with Gasteiger partial charge in [0, 0.05) is 11.2 Å². The van der Waals surface area contributed by atoms with Crippen molar-refractivity contribution in [2.75, 3.05) is 10.6 Å². The van der Waals surface area contributed by atoms with E-state index in [1.807, 2.05) is 24.3 Å². The first kappa shape index (κ1) is 21.5. The summed E-state index contributed by atoms with van der Waals surface area (Å²) in [5.74, 6) is 0.477. The average Bonchev–Trinajstić information content (AvgIpc) is 2.98. The number of ether oxygens (including phenoxy) is 1. The van der Waals surface area contributed by atoms with Gasteiger partial charge in [-0.3, -0.25) is 4.68 Å². The molecular formula is C19H16BrClF2N4OS. The Morgan fingerprint density at radius 2 is 2.03 bits per heavy atom. The number of alkyl halides is 2. The number of halogens is 4.